The van der Waals surface area contributed by atoms with E-state index in [0.29, 0.717) is 6.61 Å². The van der Waals surface area contributed by atoms with Crippen molar-refractivity contribution in [1.82, 2.24) is 14.9 Å². The third kappa shape index (κ3) is 2.63. The predicted octanol–water partition coefficient (Wildman–Crippen LogP) is 4.43. The van der Waals surface area contributed by atoms with Crippen molar-refractivity contribution < 1.29 is 4.74 Å². The standard InChI is InChI=1S/C21H23N3O/c1-13-18-12-22-8-7-16(18)14(2)21-20(13)17-11-15(5-6-19(17)23-21)25-10-9-24(3)4/h5-8,11-12,23H,9-10H2,1-4H3. The van der Waals surface area contributed by atoms with Gasteiger partial charge < -0.3 is 14.6 Å². The van der Waals surface area contributed by atoms with E-state index in [2.05, 4.69) is 61.0 Å². The van der Waals surface area contributed by atoms with Crippen LogP contribution in [-0.4, -0.2) is 42.1 Å². The topological polar surface area (TPSA) is 41.1 Å². The Balaban J connectivity index is 1.91. The highest BCUT2D eigenvalue weighted by atomic mass is 16.5. The van der Waals surface area contributed by atoms with Crippen LogP contribution in [0, 0.1) is 13.8 Å². The van der Waals surface area contributed by atoms with Gasteiger partial charge in [0.2, 0.25) is 0 Å². The molecule has 4 heteroatoms. The van der Waals surface area contributed by atoms with E-state index in [-0.39, 0.29) is 0 Å². The van der Waals surface area contributed by atoms with Crippen LogP contribution in [0.15, 0.2) is 36.7 Å². The van der Waals surface area contributed by atoms with E-state index in [0.717, 1.165) is 17.8 Å². The quantitative estimate of drug-likeness (QED) is 0.601. The lowest BCUT2D eigenvalue weighted by atomic mass is 9.97. The minimum absolute atomic E-state index is 0.686. The van der Waals surface area contributed by atoms with Gasteiger partial charge in [-0.15, -0.1) is 0 Å². The van der Waals surface area contributed by atoms with Crippen LogP contribution in [0.5, 0.6) is 5.75 Å². The average Bonchev–Trinajstić information content (AvgIpc) is 2.98. The highest BCUT2D eigenvalue weighted by Crippen LogP contribution is 2.37. The third-order valence-corrected chi connectivity index (χ3v) is 4.96. The number of aryl methyl sites for hydroxylation is 2. The lowest BCUT2D eigenvalue weighted by molar-refractivity contribution is 0.261. The molecule has 0 unspecified atom stereocenters. The van der Waals surface area contributed by atoms with Crippen molar-refractivity contribution in [1.29, 1.82) is 0 Å². The van der Waals surface area contributed by atoms with Gasteiger partial charge in [0.05, 0.1) is 5.52 Å². The van der Waals surface area contributed by atoms with Crippen LogP contribution in [0.1, 0.15) is 11.1 Å². The smallest absolute Gasteiger partial charge is 0.120 e. The molecule has 0 saturated heterocycles. The number of fused-ring (bicyclic) bond motifs is 4. The molecule has 0 aliphatic rings. The molecule has 0 fully saturated rings. The number of H-pyrrole nitrogens is 1. The van der Waals surface area contributed by atoms with Gasteiger partial charge in [-0.2, -0.15) is 0 Å². The maximum absolute atomic E-state index is 5.93. The first kappa shape index (κ1) is 15.9. The molecule has 0 saturated carbocycles. The zero-order valence-electron chi connectivity index (χ0n) is 15.2. The Morgan fingerprint density at radius 1 is 1.04 bits per heavy atom. The number of ether oxygens (including phenoxy) is 1. The van der Waals surface area contributed by atoms with Gasteiger partial charge >= 0.3 is 0 Å². The largest absolute Gasteiger partial charge is 0.492 e. The fraction of sp³-hybridized carbons (Fsp3) is 0.286. The Bertz CT molecular complexity index is 1080. The third-order valence-electron chi connectivity index (χ3n) is 4.96. The number of hydrogen-bond donors (Lipinski definition) is 1. The lowest BCUT2D eigenvalue weighted by Crippen LogP contribution is -2.19. The normalized spacial score (nSPS) is 11.9. The van der Waals surface area contributed by atoms with Crippen LogP contribution in [-0.2, 0) is 0 Å². The minimum Gasteiger partial charge on any atom is -0.492 e. The molecule has 25 heavy (non-hydrogen) atoms. The van der Waals surface area contributed by atoms with Gasteiger partial charge in [0.25, 0.3) is 0 Å². The van der Waals surface area contributed by atoms with Gasteiger partial charge in [0.1, 0.15) is 12.4 Å². The summed E-state index contributed by atoms with van der Waals surface area (Å²) in [6.07, 6.45) is 3.83. The van der Waals surface area contributed by atoms with Crippen molar-refractivity contribution in [3.8, 4) is 5.75 Å². The van der Waals surface area contributed by atoms with Crippen LogP contribution in [0.25, 0.3) is 32.6 Å². The number of aromatic nitrogens is 2. The second kappa shape index (κ2) is 6.05. The molecule has 2 aromatic carbocycles. The maximum atomic E-state index is 5.93. The highest BCUT2D eigenvalue weighted by molar-refractivity contribution is 6.16. The molecule has 0 radical (unpaired) electrons. The Hall–Kier alpha value is -2.59. The summed E-state index contributed by atoms with van der Waals surface area (Å²) in [5, 5.41) is 4.95. The molecule has 0 bridgehead atoms. The molecule has 0 amide bonds. The van der Waals surface area contributed by atoms with Gasteiger partial charge in [-0.3, -0.25) is 4.98 Å². The fourth-order valence-corrected chi connectivity index (χ4v) is 3.57. The van der Waals surface area contributed by atoms with Crippen molar-refractivity contribution in [2.75, 3.05) is 27.2 Å². The first-order valence-corrected chi connectivity index (χ1v) is 8.62. The number of rotatable bonds is 4. The number of benzene rings is 2. The Kier molecular flexibility index (Phi) is 3.85. The summed E-state index contributed by atoms with van der Waals surface area (Å²) in [6, 6.07) is 8.40. The van der Waals surface area contributed by atoms with Crippen molar-refractivity contribution in [3.05, 3.63) is 47.8 Å². The Morgan fingerprint density at radius 3 is 2.68 bits per heavy atom. The second-order valence-corrected chi connectivity index (χ2v) is 6.91. The molecule has 0 atom stereocenters. The molecule has 0 spiro atoms. The van der Waals surface area contributed by atoms with Gasteiger partial charge in [-0.1, -0.05) is 0 Å². The van der Waals surface area contributed by atoms with E-state index in [1.54, 1.807) is 0 Å². The number of nitrogens with zero attached hydrogens (tertiary/aromatic N) is 2. The maximum Gasteiger partial charge on any atom is 0.120 e. The molecule has 0 aliphatic heterocycles. The summed E-state index contributed by atoms with van der Waals surface area (Å²) in [6.45, 7) is 5.94. The van der Waals surface area contributed by atoms with E-state index in [1.165, 1.54) is 38.2 Å². The molecular weight excluding hydrogens is 310 g/mol. The minimum atomic E-state index is 0.686. The second-order valence-electron chi connectivity index (χ2n) is 6.91. The van der Waals surface area contributed by atoms with Crippen LogP contribution in [0.4, 0.5) is 0 Å². The van der Waals surface area contributed by atoms with Gasteiger partial charge in [-0.05, 0) is 68.7 Å². The Labute approximate surface area is 147 Å². The Morgan fingerprint density at radius 2 is 1.88 bits per heavy atom. The van der Waals surface area contributed by atoms with Crippen molar-refractivity contribution >= 4 is 32.6 Å². The van der Waals surface area contributed by atoms with E-state index in [1.807, 2.05) is 18.5 Å². The van der Waals surface area contributed by atoms with Crippen LogP contribution >= 0.6 is 0 Å². The van der Waals surface area contributed by atoms with E-state index < -0.39 is 0 Å². The van der Waals surface area contributed by atoms with Crippen LogP contribution in [0.2, 0.25) is 0 Å². The van der Waals surface area contributed by atoms with Crippen molar-refractivity contribution in [2.24, 2.45) is 0 Å². The zero-order valence-corrected chi connectivity index (χ0v) is 15.2. The molecule has 1 N–H and O–H groups in total. The summed E-state index contributed by atoms with van der Waals surface area (Å²) >= 11 is 0. The van der Waals surface area contributed by atoms with Crippen molar-refractivity contribution in [2.45, 2.75) is 13.8 Å². The van der Waals surface area contributed by atoms with E-state index in [4.69, 9.17) is 4.74 Å². The van der Waals surface area contributed by atoms with Gasteiger partial charge in [-0.25, -0.2) is 0 Å². The van der Waals surface area contributed by atoms with Crippen molar-refractivity contribution in [3.63, 3.8) is 0 Å². The number of nitrogens with one attached hydrogen (secondary N) is 1. The lowest BCUT2D eigenvalue weighted by Gasteiger charge is -2.11. The fourth-order valence-electron chi connectivity index (χ4n) is 3.57. The molecule has 2 aromatic heterocycles. The summed E-state index contributed by atoms with van der Waals surface area (Å²) in [7, 11) is 4.11. The highest BCUT2D eigenvalue weighted by Gasteiger charge is 2.14. The summed E-state index contributed by atoms with van der Waals surface area (Å²) in [5.74, 6) is 0.915. The summed E-state index contributed by atoms with van der Waals surface area (Å²) < 4.78 is 5.93. The summed E-state index contributed by atoms with van der Waals surface area (Å²) in [4.78, 5) is 10.0. The molecule has 2 heterocycles. The van der Waals surface area contributed by atoms with Crippen LogP contribution < -0.4 is 4.74 Å². The molecular formula is C21H23N3O. The monoisotopic (exact) mass is 333 g/mol. The van der Waals surface area contributed by atoms with Gasteiger partial charge in [0.15, 0.2) is 0 Å². The molecule has 128 valence electrons. The number of aromatic amines is 1. The average molecular weight is 333 g/mol. The first-order chi connectivity index (χ1) is 12.1. The molecule has 4 aromatic rings. The van der Waals surface area contributed by atoms with E-state index in [9.17, 15) is 0 Å². The van der Waals surface area contributed by atoms with E-state index >= 15 is 0 Å². The summed E-state index contributed by atoms with van der Waals surface area (Å²) in [5.41, 5.74) is 4.88. The van der Waals surface area contributed by atoms with Gasteiger partial charge in [0, 0.05) is 40.6 Å². The van der Waals surface area contributed by atoms with Crippen LogP contribution in [0.3, 0.4) is 0 Å². The SMILES string of the molecule is Cc1c2ccncc2c(C)c2c1[nH]c1ccc(OCCN(C)C)cc12. The first-order valence-electron chi connectivity index (χ1n) is 8.62. The zero-order chi connectivity index (χ0) is 17.6. The number of hydrogen-bond acceptors (Lipinski definition) is 3. The molecule has 4 nitrogen and oxygen atoms in total. The number of pyridine rings is 1. The molecule has 0 aliphatic carbocycles. The molecule has 4 rings (SSSR count). The number of likely N-dealkylation sites (N-methyl/N-ethyl adjacent to an activating group) is 1. The predicted molar refractivity (Wildman–Crippen MR) is 105 cm³/mol.